The van der Waals surface area contributed by atoms with Crippen molar-refractivity contribution in [1.82, 2.24) is 25.2 Å². The summed E-state index contributed by atoms with van der Waals surface area (Å²) >= 11 is 8.45. The van der Waals surface area contributed by atoms with Crippen LogP contribution >= 0.6 is 34.7 Å². The van der Waals surface area contributed by atoms with Gasteiger partial charge in [0.25, 0.3) is 0 Å². The van der Waals surface area contributed by atoms with Crippen LogP contribution in [0.3, 0.4) is 0 Å². The van der Waals surface area contributed by atoms with E-state index < -0.39 is 0 Å². The van der Waals surface area contributed by atoms with Crippen molar-refractivity contribution >= 4 is 34.7 Å². The molecular formula is C5H4ClN5S2. The highest BCUT2D eigenvalue weighted by Gasteiger charge is 2.07. The highest BCUT2D eigenvalue weighted by molar-refractivity contribution is 7.99. The van der Waals surface area contributed by atoms with Gasteiger partial charge in [0, 0.05) is 12.4 Å². The summed E-state index contributed by atoms with van der Waals surface area (Å²) < 4.78 is 2.11. The van der Waals surface area contributed by atoms with Crippen LogP contribution in [0.1, 0.15) is 0 Å². The monoisotopic (exact) mass is 233 g/mol. The second kappa shape index (κ2) is 3.60. The Morgan fingerprint density at radius 2 is 2.46 bits per heavy atom. The van der Waals surface area contributed by atoms with Crippen LogP contribution < -0.4 is 0 Å². The van der Waals surface area contributed by atoms with Crippen molar-refractivity contribution in [3.63, 3.8) is 0 Å². The molecule has 0 atom stereocenters. The van der Waals surface area contributed by atoms with Gasteiger partial charge in [-0.15, -0.1) is 16.4 Å². The van der Waals surface area contributed by atoms with Crippen LogP contribution in [0.25, 0.3) is 0 Å². The average molecular weight is 234 g/mol. The van der Waals surface area contributed by atoms with Gasteiger partial charge in [0.1, 0.15) is 5.03 Å². The molecule has 0 saturated heterocycles. The third-order valence-electron chi connectivity index (χ3n) is 1.23. The molecule has 0 aromatic carbocycles. The number of nitrogens with zero attached hydrogens (tertiary/aromatic N) is 5. The second-order valence-electron chi connectivity index (χ2n) is 2.13. The van der Waals surface area contributed by atoms with Gasteiger partial charge >= 0.3 is 0 Å². The Labute approximate surface area is 87.1 Å². The summed E-state index contributed by atoms with van der Waals surface area (Å²) in [5.74, 6) is 0. The molecule has 2 heterocycles. The first-order valence-corrected chi connectivity index (χ1v) is 5.34. The average Bonchev–Trinajstić information content (AvgIpc) is 2.64. The van der Waals surface area contributed by atoms with Gasteiger partial charge in [-0.25, -0.2) is 9.67 Å². The first-order chi connectivity index (χ1) is 6.25. The minimum absolute atomic E-state index is 0.526. The summed E-state index contributed by atoms with van der Waals surface area (Å²) in [6.07, 6.45) is 0. The van der Waals surface area contributed by atoms with Crippen LogP contribution in [0.2, 0.25) is 4.47 Å². The van der Waals surface area contributed by atoms with Gasteiger partial charge in [0.15, 0.2) is 4.47 Å². The van der Waals surface area contributed by atoms with Gasteiger partial charge in [-0.3, -0.25) is 0 Å². The van der Waals surface area contributed by atoms with E-state index in [0.717, 1.165) is 5.03 Å². The molecule has 8 heteroatoms. The van der Waals surface area contributed by atoms with Crippen LogP contribution in [0.5, 0.6) is 0 Å². The van der Waals surface area contributed by atoms with Crippen molar-refractivity contribution < 1.29 is 0 Å². The molecule has 68 valence electrons. The molecule has 2 aromatic heterocycles. The Balaban J connectivity index is 2.19. The fourth-order valence-corrected chi connectivity index (χ4v) is 2.33. The zero-order chi connectivity index (χ0) is 9.26. The van der Waals surface area contributed by atoms with Gasteiger partial charge in [0.05, 0.1) is 0 Å². The maximum Gasteiger partial charge on any atom is 0.215 e. The van der Waals surface area contributed by atoms with E-state index in [9.17, 15) is 0 Å². The maximum atomic E-state index is 5.68. The predicted octanol–water partition coefficient (Wildman–Crippen LogP) is 1.47. The number of tetrazole rings is 1. The molecule has 0 bridgehead atoms. The molecule has 0 aliphatic carbocycles. The Morgan fingerprint density at radius 3 is 3.00 bits per heavy atom. The highest BCUT2D eigenvalue weighted by Crippen LogP contribution is 2.27. The molecule has 2 aromatic rings. The molecule has 0 N–H and O–H groups in total. The minimum atomic E-state index is 0.526. The Bertz CT molecular complexity index is 410. The van der Waals surface area contributed by atoms with E-state index in [1.165, 1.54) is 23.1 Å². The van der Waals surface area contributed by atoms with Crippen LogP contribution in [0.4, 0.5) is 0 Å². The Morgan fingerprint density at radius 1 is 1.62 bits per heavy atom. The fraction of sp³-hybridized carbons (Fsp3) is 0.200. The molecular weight excluding hydrogens is 230 g/mol. The van der Waals surface area contributed by atoms with Crippen LogP contribution in [0, 0.1) is 0 Å². The third kappa shape index (κ3) is 1.98. The van der Waals surface area contributed by atoms with Crippen molar-refractivity contribution in [2.75, 3.05) is 0 Å². The summed E-state index contributed by atoms with van der Waals surface area (Å²) in [6, 6.07) is 0. The van der Waals surface area contributed by atoms with E-state index in [-0.39, 0.29) is 0 Å². The lowest BCUT2D eigenvalue weighted by Gasteiger charge is -1.92. The Hall–Kier alpha value is -0.660. The Kier molecular flexibility index (Phi) is 2.47. The van der Waals surface area contributed by atoms with Crippen molar-refractivity contribution in [2.45, 2.75) is 10.2 Å². The molecule has 0 fully saturated rings. The van der Waals surface area contributed by atoms with Gasteiger partial charge < -0.3 is 0 Å². The molecule has 0 unspecified atom stereocenters. The van der Waals surface area contributed by atoms with Crippen LogP contribution in [-0.4, -0.2) is 25.2 Å². The molecule has 0 amide bonds. The summed E-state index contributed by atoms with van der Waals surface area (Å²) in [5, 5.41) is 14.4. The number of rotatable bonds is 2. The number of hydrogen-bond acceptors (Lipinski definition) is 6. The molecule has 5 nitrogen and oxygen atoms in total. The van der Waals surface area contributed by atoms with E-state index in [4.69, 9.17) is 11.6 Å². The number of aromatic nitrogens is 5. The lowest BCUT2D eigenvalue weighted by atomic mass is 11.0. The summed E-state index contributed by atoms with van der Waals surface area (Å²) in [5.41, 5.74) is 0. The molecule has 0 aliphatic heterocycles. The highest BCUT2D eigenvalue weighted by atomic mass is 35.5. The largest absolute Gasteiger partial charge is 0.223 e. The molecule has 0 spiro atoms. The quantitative estimate of drug-likeness (QED) is 0.786. The second-order valence-corrected chi connectivity index (χ2v) is 4.55. The fourth-order valence-electron chi connectivity index (χ4n) is 0.686. The van der Waals surface area contributed by atoms with Crippen molar-refractivity contribution in [3.8, 4) is 0 Å². The summed E-state index contributed by atoms with van der Waals surface area (Å²) in [7, 11) is 1.77. The molecule has 13 heavy (non-hydrogen) atoms. The number of halogens is 1. The van der Waals surface area contributed by atoms with Gasteiger partial charge in [-0.05, 0) is 22.2 Å². The molecule has 0 saturated carbocycles. The standard InChI is InChI=1S/C5H4ClN5S2/c1-11-5(8-9-10-11)13-3-2-12-4(6)7-3/h2H,1H3. The van der Waals surface area contributed by atoms with E-state index in [1.54, 1.807) is 11.7 Å². The summed E-state index contributed by atoms with van der Waals surface area (Å²) in [4.78, 5) is 4.06. The first kappa shape index (κ1) is 8.92. The van der Waals surface area contributed by atoms with E-state index in [0.29, 0.717) is 9.62 Å². The maximum absolute atomic E-state index is 5.68. The van der Waals surface area contributed by atoms with E-state index in [1.807, 2.05) is 5.38 Å². The van der Waals surface area contributed by atoms with E-state index in [2.05, 4.69) is 20.5 Å². The topological polar surface area (TPSA) is 56.5 Å². The number of thiazole rings is 1. The van der Waals surface area contributed by atoms with Crippen molar-refractivity contribution in [1.29, 1.82) is 0 Å². The van der Waals surface area contributed by atoms with Crippen molar-refractivity contribution in [2.24, 2.45) is 7.05 Å². The number of hydrogen-bond donors (Lipinski definition) is 0. The van der Waals surface area contributed by atoms with Crippen LogP contribution in [-0.2, 0) is 7.05 Å². The van der Waals surface area contributed by atoms with Gasteiger partial charge in [0.2, 0.25) is 5.16 Å². The zero-order valence-electron chi connectivity index (χ0n) is 6.51. The lowest BCUT2D eigenvalue weighted by Crippen LogP contribution is -1.92. The minimum Gasteiger partial charge on any atom is -0.223 e. The SMILES string of the molecule is Cn1nnnc1Sc1csc(Cl)n1. The van der Waals surface area contributed by atoms with Crippen LogP contribution in [0.15, 0.2) is 15.6 Å². The van der Waals surface area contributed by atoms with Gasteiger partial charge in [-0.1, -0.05) is 11.6 Å². The molecule has 0 radical (unpaired) electrons. The predicted molar refractivity (Wildman–Crippen MR) is 50.0 cm³/mol. The van der Waals surface area contributed by atoms with Gasteiger partial charge in [-0.2, -0.15) is 0 Å². The number of aryl methyl sites for hydroxylation is 1. The zero-order valence-corrected chi connectivity index (χ0v) is 8.90. The molecule has 0 aliphatic rings. The first-order valence-electron chi connectivity index (χ1n) is 3.27. The molecule has 2 rings (SSSR count). The summed E-state index contributed by atoms with van der Waals surface area (Å²) in [6.45, 7) is 0. The smallest absolute Gasteiger partial charge is 0.215 e. The normalized spacial score (nSPS) is 10.6. The third-order valence-corrected chi connectivity index (χ3v) is 3.31. The lowest BCUT2D eigenvalue weighted by molar-refractivity contribution is 0.664. The van der Waals surface area contributed by atoms with Crippen molar-refractivity contribution in [3.05, 3.63) is 9.85 Å². The van der Waals surface area contributed by atoms with E-state index >= 15 is 0 Å².